The molecule has 0 aliphatic carbocycles. The number of carbonyl (C=O) groups excluding carboxylic acids is 1. The van der Waals surface area contributed by atoms with Crippen LogP contribution in [0.3, 0.4) is 0 Å². The Hall–Kier alpha value is -2.76. The van der Waals surface area contributed by atoms with Gasteiger partial charge in [0.1, 0.15) is 11.6 Å². The predicted octanol–water partition coefficient (Wildman–Crippen LogP) is 3.09. The number of H-pyrrole nitrogens is 1. The summed E-state index contributed by atoms with van der Waals surface area (Å²) >= 11 is 0. The SMILES string of the molecule is O=C(Nc1cccc2[nH]ncc12)c1cc(F)cc(F)c1. The van der Waals surface area contributed by atoms with Crippen LogP contribution in [0.1, 0.15) is 10.4 Å². The molecule has 0 aliphatic heterocycles. The molecule has 1 aromatic heterocycles. The van der Waals surface area contributed by atoms with Gasteiger partial charge in [-0.15, -0.1) is 0 Å². The number of nitrogens with zero attached hydrogens (tertiary/aromatic N) is 1. The van der Waals surface area contributed by atoms with Gasteiger partial charge in [0.15, 0.2) is 0 Å². The van der Waals surface area contributed by atoms with E-state index in [0.717, 1.165) is 23.0 Å². The largest absolute Gasteiger partial charge is 0.321 e. The van der Waals surface area contributed by atoms with Crippen LogP contribution >= 0.6 is 0 Å². The lowest BCUT2D eigenvalue weighted by Gasteiger charge is -2.06. The quantitative estimate of drug-likeness (QED) is 0.753. The summed E-state index contributed by atoms with van der Waals surface area (Å²) in [7, 11) is 0. The van der Waals surface area contributed by atoms with Crippen molar-refractivity contribution in [1.29, 1.82) is 0 Å². The van der Waals surface area contributed by atoms with Crippen molar-refractivity contribution in [3.8, 4) is 0 Å². The molecule has 2 N–H and O–H groups in total. The van der Waals surface area contributed by atoms with Crippen molar-refractivity contribution in [2.75, 3.05) is 5.32 Å². The van der Waals surface area contributed by atoms with E-state index in [4.69, 9.17) is 0 Å². The van der Waals surface area contributed by atoms with E-state index >= 15 is 0 Å². The number of aromatic nitrogens is 2. The van der Waals surface area contributed by atoms with Gasteiger partial charge in [-0.1, -0.05) is 6.07 Å². The Bertz CT molecular complexity index is 778. The maximum atomic E-state index is 13.1. The molecule has 6 heteroatoms. The molecule has 100 valence electrons. The van der Waals surface area contributed by atoms with E-state index in [1.165, 1.54) is 0 Å². The zero-order chi connectivity index (χ0) is 14.1. The number of aromatic amines is 1. The number of hydrogen-bond donors (Lipinski definition) is 2. The van der Waals surface area contributed by atoms with E-state index in [1.807, 2.05) is 0 Å². The fraction of sp³-hybridized carbons (Fsp3) is 0. The van der Waals surface area contributed by atoms with E-state index < -0.39 is 17.5 Å². The van der Waals surface area contributed by atoms with Crippen LogP contribution in [-0.2, 0) is 0 Å². The maximum absolute atomic E-state index is 13.1. The van der Waals surface area contributed by atoms with Crippen LogP contribution in [0.4, 0.5) is 14.5 Å². The lowest BCUT2D eigenvalue weighted by Crippen LogP contribution is -2.12. The zero-order valence-electron chi connectivity index (χ0n) is 10.2. The molecule has 0 atom stereocenters. The molecule has 0 fully saturated rings. The van der Waals surface area contributed by atoms with Gasteiger partial charge in [-0.25, -0.2) is 8.78 Å². The fourth-order valence-electron chi connectivity index (χ4n) is 1.96. The van der Waals surface area contributed by atoms with E-state index in [9.17, 15) is 13.6 Å². The summed E-state index contributed by atoms with van der Waals surface area (Å²) in [5.74, 6) is -2.18. The van der Waals surface area contributed by atoms with Crippen LogP contribution < -0.4 is 5.32 Å². The average Bonchev–Trinajstić information content (AvgIpc) is 2.87. The molecule has 4 nitrogen and oxygen atoms in total. The van der Waals surface area contributed by atoms with Crippen LogP contribution in [0, 0.1) is 11.6 Å². The minimum Gasteiger partial charge on any atom is -0.321 e. The second-order valence-electron chi connectivity index (χ2n) is 4.25. The molecule has 1 amide bonds. The second kappa shape index (κ2) is 4.73. The number of carbonyl (C=O) groups is 1. The topological polar surface area (TPSA) is 57.8 Å². The molecule has 0 unspecified atom stereocenters. The highest BCUT2D eigenvalue weighted by molar-refractivity contribution is 6.08. The van der Waals surface area contributed by atoms with Gasteiger partial charge in [-0.2, -0.15) is 5.10 Å². The van der Waals surface area contributed by atoms with Gasteiger partial charge in [0.25, 0.3) is 5.91 Å². The molecular weight excluding hydrogens is 264 g/mol. The number of nitrogens with one attached hydrogen (secondary N) is 2. The average molecular weight is 273 g/mol. The van der Waals surface area contributed by atoms with Crippen LogP contribution in [0.15, 0.2) is 42.6 Å². The number of anilines is 1. The first-order chi connectivity index (χ1) is 9.63. The van der Waals surface area contributed by atoms with Crippen molar-refractivity contribution in [2.45, 2.75) is 0 Å². The number of fused-ring (bicyclic) bond motifs is 1. The summed E-state index contributed by atoms with van der Waals surface area (Å²) in [5.41, 5.74) is 1.20. The van der Waals surface area contributed by atoms with Crippen molar-refractivity contribution < 1.29 is 13.6 Å². The van der Waals surface area contributed by atoms with Gasteiger partial charge in [-0.3, -0.25) is 9.89 Å². The van der Waals surface area contributed by atoms with Gasteiger partial charge in [0.2, 0.25) is 0 Å². The lowest BCUT2D eigenvalue weighted by molar-refractivity contribution is 0.102. The lowest BCUT2D eigenvalue weighted by atomic mass is 10.1. The first kappa shape index (κ1) is 12.3. The van der Waals surface area contributed by atoms with Crippen molar-refractivity contribution in [3.05, 3.63) is 59.8 Å². The Morgan fingerprint density at radius 1 is 1.15 bits per heavy atom. The van der Waals surface area contributed by atoms with E-state index in [-0.39, 0.29) is 5.56 Å². The summed E-state index contributed by atoms with van der Waals surface area (Å²) in [6.45, 7) is 0. The summed E-state index contributed by atoms with van der Waals surface area (Å²) in [4.78, 5) is 12.0. The van der Waals surface area contributed by atoms with E-state index in [1.54, 1.807) is 24.4 Å². The number of halogens is 2. The first-order valence-corrected chi connectivity index (χ1v) is 5.83. The Kier molecular flexibility index (Phi) is 2.90. The van der Waals surface area contributed by atoms with Crippen molar-refractivity contribution in [2.24, 2.45) is 0 Å². The molecule has 0 bridgehead atoms. The Labute approximate surface area is 112 Å². The monoisotopic (exact) mass is 273 g/mol. The highest BCUT2D eigenvalue weighted by Crippen LogP contribution is 2.21. The Balaban J connectivity index is 1.94. The molecule has 2 aromatic carbocycles. The van der Waals surface area contributed by atoms with Gasteiger partial charge in [0.05, 0.1) is 17.4 Å². The number of hydrogen-bond acceptors (Lipinski definition) is 2. The molecule has 3 aromatic rings. The maximum Gasteiger partial charge on any atom is 0.255 e. The Morgan fingerprint density at radius 2 is 1.90 bits per heavy atom. The molecule has 3 rings (SSSR count). The number of benzene rings is 2. The van der Waals surface area contributed by atoms with Crippen LogP contribution in [0.25, 0.3) is 10.9 Å². The third-order valence-corrected chi connectivity index (χ3v) is 2.86. The molecule has 0 spiro atoms. The summed E-state index contributed by atoms with van der Waals surface area (Å²) in [5, 5.41) is 9.97. The van der Waals surface area contributed by atoms with Gasteiger partial charge < -0.3 is 5.32 Å². The van der Waals surface area contributed by atoms with Gasteiger partial charge >= 0.3 is 0 Å². The first-order valence-electron chi connectivity index (χ1n) is 5.83. The molecular formula is C14H9F2N3O. The molecule has 0 saturated heterocycles. The Morgan fingerprint density at radius 3 is 2.65 bits per heavy atom. The standard InChI is InChI=1S/C14H9F2N3O/c15-9-4-8(5-10(16)6-9)14(20)18-12-2-1-3-13-11(12)7-17-19-13/h1-7H,(H,17,19)(H,18,20). The normalized spacial score (nSPS) is 10.7. The van der Waals surface area contributed by atoms with E-state index in [2.05, 4.69) is 15.5 Å². The van der Waals surface area contributed by atoms with Gasteiger partial charge in [-0.05, 0) is 24.3 Å². The van der Waals surface area contributed by atoms with Crippen molar-refractivity contribution in [3.63, 3.8) is 0 Å². The van der Waals surface area contributed by atoms with Crippen molar-refractivity contribution in [1.82, 2.24) is 10.2 Å². The molecule has 0 saturated carbocycles. The minimum atomic E-state index is -0.795. The van der Waals surface area contributed by atoms with E-state index in [0.29, 0.717) is 11.8 Å². The van der Waals surface area contributed by atoms with Crippen LogP contribution in [-0.4, -0.2) is 16.1 Å². The second-order valence-corrected chi connectivity index (χ2v) is 4.25. The molecule has 20 heavy (non-hydrogen) atoms. The highest BCUT2D eigenvalue weighted by atomic mass is 19.1. The number of amides is 1. The smallest absolute Gasteiger partial charge is 0.255 e. The molecule has 0 radical (unpaired) electrons. The third-order valence-electron chi connectivity index (χ3n) is 2.86. The van der Waals surface area contributed by atoms with Gasteiger partial charge in [0, 0.05) is 17.0 Å². The van der Waals surface area contributed by atoms with Crippen molar-refractivity contribution >= 4 is 22.5 Å². The molecule has 0 aliphatic rings. The third kappa shape index (κ3) is 2.23. The minimum absolute atomic E-state index is 0.0806. The van der Waals surface area contributed by atoms with Crippen LogP contribution in [0.2, 0.25) is 0 Å². The predicted molar refractivity (Wildman–Crippen MR) is 70.4 cm³/mol. The summed E-state index contributed by atoms with van der Waals surface area (Å²) < 4.78 is 26.2. The highest BCUT2D eigenvalue weighted by Gasteiger charge is 2.11. The van der Waals surface area contributed by atoms with Crippen LogP contribution in [0.5, 0.6) is 0 Å². The summed E-state index contributed by atoms with van der Waals surface area (Å²) in [6, 6.07) is 7.91. The molecule has 1 heterocycles. The zero-order valence-corrected chi connectivity index (χ0v) is 10.2. The fourth-order valence-corrected chi connectivity index (χ4v) is 1.96. The summed E-state index contributed by atoms with van der Waals surface area (Å²) in [6.07, 6.45) is 1.57. The number of rotatable bonds is 2.